The van der Waals surface area contributed by atoms with Crippen molar-refractivity contribution >= 4 is 11.0 Å². The van der Waals surface area contributed by atoms with Gasteiger partial charge in [0.2, 0.25) is 12.1 Å². The van der Waals surface area contributed by atoms with Gasteiger partial charge in [-0.3, -0.25) is 0 Å². The van der Waals surface area contributed by atoms with E-state index in [-0.39, 0.29) is 11.3 Å². The molecule has 1 rings (SSSR count). The average molecular weight is 237 g/mol. The van der Waals surface area contributed by atoms with Crippen molar-refractivity contribution in [1.29, 1.82) is 0 Å². The van der Waals surface area contributed by atoms with E-state index in [1.165, 1.54) is 0 Å². The Labute approximate surface area is 92.7 Å². The monoisotopic (exact) mass is 237 g/mol. The SMILES string of the molecule is CCOC1(CNS(=O)C(C)(C)C)OC1O. The van der Waals surface area contributed by atoms with Crippen LogP contribution in [0.25, 0.3) is 0 Å². The second-order valence-corrected chi connectivity index (χ2v) is 6.47. The summed E-state index contributed by atoms with van der Waals surface area (Å²) in [7, 11) is -1.18. The zero-order valence-corrected chi connectivity index (χ0v) is 10.4. The quantitative estimate of drug-likeness (QED) is 0.666. The fourth-order valence-corrected chi connectivity index (χ4v) is 1.83. The van der Waals surface area contributed by atoms with Gasteiger partial charge in [-0.05, 0) is 27.7 Å². The fourth-order valence-electron chi connectivity index (χ4n) is 1.07. The molecule has 0 spiro atoms. The minimum atomic E-state index is -1.18. The second-order valence-electron chi connectivity index (χ2n) is 4.42. The van der Waals surface area contributed by atoms with Crippen LogP contribution in [0.3, 0.4) is 0 Å². The van der Waals surface area contributed by atoms with E-state index in [9.17, 15) is 9.32 Å². The summed E-state index contributed by atoms with van der Waals surface area (Å²) in [5.41, 5.74) is 0. The Morgan fingerprint density at radius 1 is 1.60 bits per heavy atom. The van der Waals surface area contributed by atoms with Crippen molar-refractivity contribution in [3.8, 4) is 0 Å². The van der Waals surface area contributed by atoms with E-state index in [1.807, 2.05) is 27.7 Å². The summed E-state index contributed by atoms with van der Waals surface area (Å²) in [5.74, 6) is -0.990. The first-order valence-corrected chi connectivity index (χ1v) is 6.12. The molecule has 0 aromatic heterocycles. The third kappa shape index (κ3) is 3.22. The standard InChI is InChI=1S/C9H19NO4S/c1-5-13-9(7(11)14-9)6-10-15(12)8(2,3)4/h7,10-11H,5-6H2,1-4H3. The number of epoxide rings is 1. The molecule has 0 radical (unpaired) electrons. The maximum absolute atomic E-state index is 11.7. The lowest BCUT2D eigenvalue weighted by atomic mass is 10.3. The van der Waals surface area contributed by atoms with Gasteiger partial charge >= 0.3 is 0 Å². The molecule has 1 fully saturated rings. The lowest BCUT2D eigenvalue weighted by molar-refractivity contribution is -0.0345. The first-order valence-electron chi connectivity index (χ1n) is 4.97. The number of hydrogen-bond donors (Lipinski definition) is 2. The largest absolute Gasteiger partial charge is 0.364 e. The summed E-state index contributed by atoms with van der Waals surface area (Å²) in [6.07, 6.45) is -0.915. The highest BCUT2D eigenvalue weighted by Gasteiger charge is 2.57. The van der Waals surface area contributed by atoms with Gasteiger partial charge in [-0.2, -0.15) is 0 Å². The van der Waals surface area contributed by atoms with Crippen LogP contribution in [0.5, 0.6) is 0 Å². The topological polar surface area (TPSA) is 71.1 Å². The molecule has 0 aromatic rings. The number of hydrogen-bond acceptors (Lipinski definition) is 4. The van der Waals surface area contributed by atoms with E-state index in [0.29, 0.717) is 6.61 Å². The minimum Gasteiger partial charge on any atom is -0.364 e. The Hall–Kier alpha value is -0.0100. The second kappa shape index (κ2) is 4.47. The molecule has 0 saturated carbocycles. The van der Waals surface area contributed by atoms with Crippen molar-refractivity contribution in [1.82, 2.24) is 4.72 Å². The molecular weight excluding hydrogens is 218 g/mol. The molecule has 5 nitrogen and oxygen atoms in total. The van der Waals surface area contributed by atoms with E-state index in [2.05, 4.69) is 4.72 Å². The third-order valence-corrected chi connectivity index (χ3v) is 3.54. The number of ether oxygens (including phenoxy) is 2. The first-order chi connectivity index (χ1) is 6.82. The van der Waals surface area contributed by atoms with E-state index in [1.54, 1.807) is 0 Å². The van der Waals surface area contributed by atoms with Crippen molar-refractivity contribution < 1.29 is 18.8 Å². The highest BCUT2D eigenvalue weighted by Crippen LogP contribution is 2.35. The molecule has 1 heterocycles. The molecule has 0 bridgehead atoms. The molecule has 0 aromatic carbocycles. The summed E-state index contributed by atoms with van der Waals surface area (Å²) >= 11 is 0. The molecule has 1 saturated heterocycles. The Balaban J connectivity index is 2.40. The summed E-state index contributed by atoms with van der Waals surface area (Å²) in [4.78, 5) is 0. The number of nitrogens with one attached hydrogen (secondary N) is 1. The van der Waals surface area contributed by atoms with Crippen LogP contribution in [0.4, 0.5) is 0 Å². The van der Waals surface area contributed by atoms with E-state index < -0.39 is 23.1 Å². The zero-order chi connectivity index (χ0) is 11.7. The van der Waals surface area contributed by atoms with Crippen molar-refractivity contribution in [2.75, 3.05) is 13.2 Å². The van der Waals surface area contributed by atoms with Gasteiger partial charge in [-0.15, -0.1) is 0 Å². The van der Waals surface area contributed by atoms with Gasteiger partial charge < -0.3 is 14.6 Å². The summed E-state index contributed by atoms with van der Waals surface area (Å²) in [6, 6.07) is 0. The van der Waals surface area contributed by atoms with E-state index >= 15 is 0 Å². The average Bonchev–Trinajstić information content (AvgIpc) is 2.72. The predicted molar refractivity (Wildman–Crippen MR) is 57.3 cm³/mol. The number of aliphatic hydroxyl groups is 1. The summed E-state index contributed by atoms with van der Waals surface area (Å²) < 4.78 is 24.3. The Kier molecular flexibility index (Phi) is 3.89. The highest BCUT2D eigenvalue weighted by molar-refractivity contribution is 7.84. The first kappa shape index (κ1) is 13.1. The van der Waals surface area contributed by atoms with Gasteiger partial charge in [-0.25, -0.2) is 8.93 Å². The van der Waals surface area contributed by atoms with Crippen LogP contribution in [-0.2, 0) is 20.5 Å². The molecule has 1 aliphatic rings. The van der Waals surface area contributed by atoms with Crippen molar-refractivity contribution in [3.63, 3.8) is 0 Å². The fraction of sp³-hybridized carbons (Fsp3) is 1.00. The molecule has 1 aliphatic heterocycles. The Morgan fingerprint density at radius 3 is 2.47 bits per heavy atom. The minimum absolute atomic E-state index is 0.228. The lowest BCUT2D eigenvalue weighted by Gasteiger charge is -2.20. The van der Waals surface area contributed by atoms with Crippen molar-refractivity contribution in [2.45, 2.75) is 44.5 Å². The number of rotatable bonds is 5. The van der Waals surface area contributed by atoms with Gasteiger partial charge in [0, 0.05) is 6.61 Å². The van der Waals surface area contributed by atoms with E-state index in [0.717, 1.165) is 0 Å². The van der Waals surface area contributed by atoms with Gasteiger partial charge in [0.15, 0.2) is 0 Å². The van der Waals surface area contributed by atoms with Gasteiger partial charge in [0.05, 0.1) is 22.3 Å². The Morgan fingerprint density at radius 2 is 2.13 bits per heavy atom. The molecule has 3 atom stereocenters. The van der Waals surface area contributed by atoms with Crippen LogP contribution < -0.4 is 4.72 Å². The molecule has 15 heavy (non-hydrogen) atoms. The smallest absolute Gasteiger partial charge is 0.236 e. The molecule has 90 valence electrons. The highest BCUT2D eigenvalue weighted by atomic mass is 32.2. The van der Waals surface area contributed by atoms with Gasteiger partial charge in [0.1, 0.15) is 0 Å². The molecule has 3 unspecified atom stereocenters. The molecule has 0 amide bonds. The third-order valence-electron chi connectivity index (χ3n) is 2.02. The van der Waals surface area contributed by atoms with Crippen LogP contribution in [0, 0.1) is 0 Å². The molecule has 2 N–H and O–H groups in total. The molecule has 6 heteroatoms. The van der Waals surface area contributed by atoms with Crippen LogP contribution in [0.1, 0.15) is 27.7 Å². The van der Waals surface area contributed by atoms with Crippen molar-refractivity contribution in [3.05, 3.63) is 0 Å². The van der Waals surface area contributed by atoms with Crippen molar-refractivity contribution in [2.24, 2.45) is 0 Å². The van der Waals surface area contributed by atoms with Crippen LogP contribution in [0.15, 0.2) is 0 Å². The maximum atomic E-state index is 11.7. The van der Waals surface area contributed by atoms with Gasteiger partial charge in [0.25, 0.3) is 0 Å². The van der Waals surface area contributed by atoms with Crippen LogP contribution in [-0.4, -0.2) is 39.3 Å². The summed E-state index contributed by atoms with van der Waals surface area (Å²) in [5, 5.41) is 9.24. The number of aliphatic hydroxyl groups excluding tert-OH is 1. The summed E-state index contributed by atoms with van der Waals surface area (Å²) in [6.45, 7) is 8.10. The molecular formula is C9H19NO4S. The van der Waals surface area contributed by atoms with Gasteiger partial charge in [-0.1, -0.05) is 0 Å². The normalized spacial score (nSPS) is 32.7. The maximum Gasteiger partial charge on any atom is 0.236 e. The zero-order valence-electron chi connectivity index (χ0n) is 9.57. The van der Waals surface area contributed by atoms with Crippen LogP contribution >= 0.6 is 0 Å². The van der Waals surface area contributed by atoms with E-state index in [4.69, 9.17) is 9.47 Å². The molecule has 0 aliphatic carbocycles. The van der Waals surface area contributed by atoms with Crippen LogP contribution in [0.2, 0.25) is 0 Å². The Bertz CT molecular complexity index is 253. The lowest BCUT2D eigenvalue weighted by Crippen LogP contribution is -2.41. The predicted octanol–water partition coefficient (Wildman–Crippen LogP) is 0.120.